The highest BCUT2D eigenvalue weighted by Crippen LogP contribution is 2.21. The Morgan fingerprint density at radius 3 is 2.67 bits per heavy atom. The summed E-state index contributed by atoms with van der Waals surface area (Å²) in [6.45, 7) is 4.36. The molecule has 0 spiro atoms. The predicted molar refractivity (Wildman–Crippen MR) is 133 cm³/mol. The number of benzene rings is 3. The molecule has 0 aliphatic heterocycles. The van der Waals surface area contributed by atoms with Crippen LogP contribution in [-0.2, 0) is 6.61 Å². The Labute approximate surface area is 199 Å². The Bertz CT molecular complexity index is 1370. The number of nitrogens with zero attached hydrogens (tertiary/aromatic N) is 3. The van der Waals surface area contributed by atoms with Crippen LogP contribution in [-0.4, -0.2) is 15.9 Å². The van der Waals surface area contributed by atoms with Crippen molar-refractivity contribution in [2.45, 2.75) is 32.8 Å². The molecule has 0 aliphatic carbocycles. The summed E-state index contributed by atoms with van der Waals surface area (Å²) < 4.78 is 21.2. The van der Waals surface area contributed by atoms with Crippen molar-refractivity contribution in [1.29, 1.82) is 0 Å². The fourth-order valence-corrected chi connectivity index (χ4v) is 3.71. The second-order valence-electron chi connectivity index (χ2n) is 7.79. The number of fused-ring (bicyclic) bond motifs is 1. The van der Waals surface area contributed by atoms with Crippen LogP contribution in [0.4, 0.5) is 4.39 Å². The Morgan fingerprint density at radius 1 is 1.15 bits per heavy atom. The van der Waals surface area contributed by atoms with E-state index in [2.05, 4.69) is 28.0 Å². The zero-order valence-corrected chi connectivity index (χ0v) is 19.9. The van der Waals surface area contributed by atoms with E-state index in [1.165, 1.54) is 16.8 Å². The molecular weight excluding hydrogens is 485 g/mol. The van der Waals surface area contributed by atoms with Gasteiger partial charge < -0.3 is 4.74 Å². The van der Waals surface area contributed by atoms with Gasteiger partial charge in [0.1, 0.15) is 24.0 Å². The van der Waals surface area contributed by atoms with Gasteiger partial charge >= 0.3 is 0 Å². The van der Waals surface area contributed by atoms with Gasteiger partial charge in [0, 0.05) is 10.4 Å². The second-order valence-corrected chi connectivity index (χ2v) is 8.71. The minimum Gasteiger partial charge on any atom is -0.489 e. The number of halogens is 2. The van der Waals surface area contributed by atoms with Crippen LogP contribution in [0.1, 0.15) is 43.1 Å². The third-order valence-electron chi connectivity index (χ3n) is 5.38. The minimum absolute atomic E-state index is 0.0708. The average molecular weight is 508 g/mol. The Balaban J connectivity index is 1.58. The first-order valence-electron chi connectivity index (χ1n) is 10.7. The second kappa shape index (κ2) is 10.1. The summed E-state index contributed by atoms with van der Waals surface area (Å²) in [5, 5.41) is 4.99. The molecule has 7 heteroatoms. The maximum absolute atomic E-state index is 13.3. The third kappa shape index (κ3) is 5.37. The van der Waals surface area contributed by atoms with Crippen molar-refractivity contribution in [3.63, 3.8) is 0 Å². The molecule has 3 aromatic carbocycles. The van der Waals surface area contributed by atoms with Crippen LogP contribution in [0.5, 0.6) is 5.75 Å². The molecule has 0 saturated heterocycles. The highest BCUT2D eigenvalue weighted by molar-refractivity contribution is 9.10. The number of aromatic nitrogens is 2. The zero-order chi connectivity index (χ0) is 23.4. The molecule has 0 saturated carbocycles. The monoisotopic (exact) mass is 507 g/mol. The molecule has 1 heterocycles. The molecule has 5 nitrogen and oxygen atoms in total. The lowest BCUT2D eigenvalue weighted by Crippen LogP contribution is -2.23. The molecule has 0 unspecified atom stereocenters. The maximum Gasteiger partial charge on any atom is 0.282 e. The van der Waals surface area contributed by atoms with Gasteiger partial charge in [-0.1, -0.05) is 41.9 Å². The zero-order valence-electron chi connectivity index (χ0n) is 18.3. The first-order chi connectivity index (χ1) is 15.9. The SMILES string of the molecule is CC[C@H](C)c1nc2ccc(Br)cc2c(=O)n1N=Cc1ccc(OCc2cccc(F)c2)cc1. The minimum atomic E-state index is -0.287. The normalized spacial score (nSPS) is 12.4. The molecule has 4 rings (SSSR count). The van der Waals surface area contributed by atoms with Gasteiger partial charge in [0.05, 0.1) is 17.1 Å². The van der Waals surface area contributed by atoms with Crippen LogP contribution in [0.2, 0.25) is 0 Å². The lowest BCUT2D eigenvalue weighted by Gasteiger charge is -2.14. The Kier molecular flexibility index (Phi) is 6.99. The van der Waals surface area contributed by atoms with E-state index in [9.17, 15) is 9.18 Å². The smallest absolute Gasteiger partial charge is 0.282 e. The summed E-state index contributed by atoms with van der Waals surface area (Å²) in [5.41, 5.74) is 2.02. The molecule has 168 valence electrons. The van der Waals surface area contributed by atoms with Crippen molar-refractivity contribution >= 4 is 33.0 Å². The van der Waals surface area contributed by atoms with Gasteiger partial charge in [-0.15, -0.1) is 0 Å². The molecule has 33 heavy (non-hydrogen) atoms. The van der Waals surface area contributed by atoms with Crippen molar-refractivity contribution in [2.75, 3.05) is 0 Å². The van der Waals surface area contributed by atoms with Gasteiger partial charge in [-0.25, -0.2) is 9.37 Å². The topological polar surface area (TPSA) is 56.5 Å². The van der Waals surface area contributed by atoms with Crippen LogP contribution in [0, 0.1) is 5.82 Å². The molecule has 0 bridgehead atoms. The summed E-state index contributed by atoms with van der Waals surface area (Å²) in [6, 6.07) is 19.1. The van der Waals surface area contributed by atoms with Crippen LogP contribution in [0.15, 0.2) is 81.1 Å². The summed E-state index contributed by atoms with van der Waals surface area (Å²) in [7, 11) is 0. The molecule has 0 fully saturated rings. The maximum atomic E-state index is 13.3. The van der Waals surface area contributed by atoms with Gasteiger partial charge in [-0.05, 0) is 72.1 Å². The first-order valence-corrected chi connectivity index (χ1v) is 11.5. The molecule has 0 N–H and O–H groups in total. The predicted octanol–water partition coefficient (Wildman–Crippen LogP) is 6.27. The number of hydrogen-bond acceptors (Lipinski definition) is 4. The largest absolute Gasteiger partial charge is 0.489 e. The van der Waals surface area contributed by atoms with Crippen molar-refractivity contribution < 1.29 is 9.13 Å². The molecular formula is C26H23BrFN3O2. The molecule has 1 aromatic heterocycles. The van der Waals surface area contributed by atoms with E-state index in [4.69, 9.17) is 9.72 Å². The van der Waals surface area contributed by atoms with Gasteiger partial charge in [-0.2, -0.15) is 9.78 Å². The number of hydrogen-bond donors (Lipinski definition) is 0. The van der Waals surface area contributed by atoms with Crippen LogP contribution in [0.3, 0.4) is 0 Å². The van der Waals surface area contributed by atoms with Crippen molar-refractivity contribution in [3.05, 3.63) is 104 Å². The first kappa shape index (κ1) is 22.9. The van der Waals surface area contributed by atoms with Crippen LogP contribution >= 0.6 is 15.9 Å². The molecule has 0 radical (unpaired) electrons. The van der Waals surface area contributed by atoms with Gasteiger partial charge in [0.15, 0.2) is 0 Å². The Hall–Kier alpha value is -3.32. The van der Waals surface area contributed by atoms with Crippen molar-refractivity contribution in [2.24, 2.45) is 5.10 Å². The quantitative estimate of drug-likeness (QED) is 0.277. The highest BCUT2D eigenvalue weighted by Gasteiger charge is 2.15. The lowest BCUT2D eigenvalue weighted by molar-refractivity contribution is 0.305. The number of rotatable bonds is 7. The highest BCUT2D eigenvalue weighted by atomic mass is 79.9. The van der Waals surface area contributed by atoms with Crippen LogP contribution in [0.25, 0.3) is 10.9 Å². The summed E-state index contributed by atoms with van der Waals surface area (Å²) >= 11 is 3.42. The average Bonchev–Trinajstić information content (AvgIpc) is 2.82. The lowest BCUT2D eigenvalue weighted by atomic mass is 10.1. The molecule has 4 aromatic rings. The van der Waals surface area contributed by atoms with E-state index in [1.54, 1.807) is 18.3 Å². The molecule has 0 amide bonds. The van der Waals surface area contributed by atoms with Gasteiger partial charge in [-0.3, -0.25) is 4.79 Å². The fourth-order valence-electron chi connectivity index (χ4n) is 3.35. The standard InChI is InChI=1S/C26H23BrFN3O2/c1-3-17(2)25-30-24-12-9-20(27)14-23(24)26(32)31(25)29-15-18-7-10-22(11-8-18)33-16-19-5-4-6-21(28)13-19/h4-15,17H,3,16H2,1-2H3/t17-/m0/s1. The van der Waals surface area contributed by atoms with Crippen LogP contribution < -0.4 is 10.3 Å². The van der Waals surface area contributed by atoms with E-state index in [-0.39, 0.29) is 23.9 Å². The summed E-state index contributed by atoms with van der Waals surface area (Å²) in [6.07, 6.45) is 2.47. The van der Waals surface area contributed by atoms with Crippen molar-refractivity contribution in [1.82, 2.24) is 9.66 Å². The van der Waals surface area contributed by atoms with Crippen molar-refractivity contribution in [3.8, 4) is 5.75 Å². The van der Waals surface area contributed by atoms with Gasteiger partial charge in [0.2, 0.25) is 0 Å². The fraction of sp³-hybridized carbons (Fsp3) is 0.192. The van der Waals surface area contributed by atoms with E-state index in [0.29, 0.717) is 22.5 Å². The summed E-state index contributed by atoms with van der Waals surface area (Å²) in [4.78, 5) is 17.9. The molecule has 0 aliphatic rings. The van der Waals surface area contributed by atoms with Gasteiger partial charge in [0.25, 0.3) is 5.56 Å². The summed E-state index contributed by atoms with van der Waals surface area (Å²) in [5.74, 6) is 1.07. The van der Waals surface area contributed by atoms with E-state index >= 15 is 0 Å². The van der Waals surface area contributed by atoms with E-state index in [1.807, 2.05) is 49.4 Å². The van der Waals surface area contributed by atoms with E-state index in [0.717, 1.165) is 22.0 Å². The van der Waals surface area contributed by atoms with E-state index < -0.39 is 0 Å². The third-order valence-corrected chi connectivity index (χ3v) is 5.88. The Morgan fingerprint density at radius 2 is 1.94 bits per heavy atom. The number of ether oxygens (including phenoxy) is 1. The molecule has 1 atom stereocenters.